The van der Waals surface area contributed by atoms with Crippen LogP contribution >= 0.6 is 28.6 Å². The van der Waals surface area contributed by atoms with Gasteiger partial charge in [-0.15, -0.1) is 12.6 Å². The Balaban J connectivity index is 1.69. The minimum atomic E-state index is 0.115. The first-order valence-electron chi connectivity index (χ1n) is 7.17. The molecule has 3 nitrogen and oxygen atoms in total. The predicted molar refractivity (Wildman–Crippen MR) is 86.5 cm³/mol. The Morgan fingerprint density at radius 1 is 1.25 bits per heavy atom. The molecular formula is C15H19BrN2OS. The molecule has 1 unspecified atom stereocenters. The van der Waals surface area contributed by atoms with E-state index in [0.717, 1.165) is 28.9 Å². The van der Waals surface area contributed by atoms with Crippen LogP contribution in [0.3, 0.4) is 0 Å². The molecule has 20 heavy (non-hydrogen) atoms. The predicted octanol–water partition coefficient (Wildman–Crippen LogP) is 3.05. The molecule has 0 radical (unpaired) electrons. The number of rotatable bonds is 2. The second kappa shape index (κ2) is 6.08. The van der Waals surface area contributed by atoms with Crippen LogP contribution in [-0.4, -0.2) is 47.9 Å². The number of carbonyl (C=O) groups is 1. The van der Waals surface area contributed by atoms with Gasteiger partial charge in [-0.1, -0.05) is 15.9 Å². The molecule has 0 bridgehead atoms. The van der Waals surface area contributed by atoms with Gasteiger partial charge in [0.1, 0.15) is 0 Å². The number of likely N-dealkylation sites (tertiary alicyclic amines) is 2. The van der Waals surface area contributed by atoms with E-state index in [9.17, 15) is 4.79 Å². The normalized spacial score (nSPS) is 23.5. The van der Waals surface area contributed by atoms with Crippen molar-refractivity contribution < 1.29 is 4.79 Å². The summed E-state index contributed by atoms with van der Waals surface area (Å²) in [6.45, 7) is 4.12. The zero-order valence-electron chi connectivity index (χ0n) is 11.4. The molecule has 0 spiro atoms. The van der Waals surface area contributed by atoms with Crippen molar-refractivity contribution in [1.29, 1.82) is 0 Å². The molecule has 2 saturated heterocycles. The van der Waals surface area contributed by atoms with E-state index in [0.29, 0.717) is 11.6 Å². The summed E-state index contributed by atoms with van der Waals surface area (Å²) < 4.78 is 0.954. The third-order valence-corrected chi connectivity index (χ3v) is 5.16. The summed E-state index contributed by atoms with van der Waals surface area (Å²) >= 11 is 7.82. The van der Waals surface area contributed by atoms with Crippen molar-refractivity contribution in [2.24, 2.45) is 0 Å². The molecule has 108 valence electrons. The summed E-state index contributed by atoms with van der Waals surface area (Å²) in [6, 6.07) is 6.20. The molecule has 0 N–H and O–H groups in total. The molecule has 5 heteroatoms. The lowest BCUT2D eigenvalue weighted by atomic mass is 10.2. The van der Waals surface area contributed by atoms with Crippen molar-refractivity contribution in [1.82, 2.24) is 9.80 Å². The van der Waals surface area contributed by atoms with Gasteiger partial charge < -0.3 is 4.90 Å². The third-order valence-electron chi connectivity index (χ3n) is 4.30. The minimum Gasteiger partial charge on any atom is -0.337 e. The molecule has 0 aliphatic carbocycles. The molecule has 0 aromatic heterocycles. The first kappa shape index (κ1) is 14.4. The van der Waals surface area contributed by atoms with Crippen molar-refractivity contribution in [3.63, 3.8) is 0 Å². The lowest BCUT2D eigenvalue weighted by Gasteiger charge is -2.23. The second-order valence-electron chi connectivity index (χ2n) is 5.60. The Morgan fingerprint density at radius 3 is 2.70 bits per heavy atom. The van der Waals surface area contributed by atoms with Crippen LogP contribution in [0.1, 0.15) is 29.6 Å². The topological polar surface area (TPSA) is 23.6 Å². The Bertz CT molecular complexity index is 517. The summed E-state index contributed by atoms with van der Waals surface area (Å²) in [4.78, 5) is 17.8. The molecule has 0 saturated carbocycles. The van der Waals surface area contributed by atoms with Gasteiger partial charge in [0.2, 0.25) is 0 Å². The Kier molecular flexibility index (Phi) is 4.38. The number of hydrogen-bond acceptors (Lipinski definition) is 3. The maximum absolute atomic E-state index is 12.6. The van der Waals surface area contributed by atoms with Gasteiger partial charge in [0.05, 0.1) is 5.56 Å². The van der Waals surface area contributed by atoms with E-state index in [1.165, 1.54) is 25.9 Å². The highest BCUT2D eigenvalue weighted by atomic mass is 79.9. The quantitative estimate of drug-likeness (QED) is 0.825. The number of benzene rings is 1. The fourth-order valence-electron chi connectivity index (χ4n) is 3.19. The summed E-state index contributed by atoms with van der Waals surface area (Å²) in [5.74, 6) is 0.115. The average molecular weight is 355 g/mol. The van der Waals surface area contributed by atoms with E-state index in [-0.39, 0.29) is 5.91 Å². The number of thiol groups is 1. The van der Waals surface area contributed by atoms with E-state index in [2.05, 4.69) is 33.5 Å². The van der Waals surface area contributed by atoms with Crippen LogP contribution in [0, 0.1) is 0 Å². The number of amides is 1. The van der Waals surface area contributed by atoms with Gasteiger partial charge in [0.15, 0.2) is 0 Å². The van der Waals surface area contributed by atoms with E-state index in [4.69, 9.17) is 0 Å². The summed E-state index contributed by atoms with van der Waals surface area (Å²) in [5, 5.41) is 0. The monoisotopic (exact) mass is 354 g/mol. The van der Waals surface area contributed by atoms with E-state index < -0.39 is 0 Å². The average Bonchev–Trinajstić information content (AvgIpc) is 3.09. The van der Waals surface area contributed by atoms with Crippen molar-refractivity contribution >= 4 is 34.5 Å². The lowest BCUT2D eigenvalue weighted by Crippen LogP contribution is -2.37. The van der Waals surface area contributed by atoms with Crippen LogP contribution in [0.15, 0.2) is 27.6 Å². The Labute approximate surface area is 133 Å². The smallest absolute Gasteiger partial charge is 0.255 e. The van der Waals surface area contributed by atoms with Gasteiger partial charge in [-0.05, 0) is 50.6 Å². The molecule has 2 aliphatic rings. The minimum absolute atomic E-state index is 0.115. The van der Waals surface area contributed by atoms with Crippen LogP contribution in [0.2, 0.25) is 0 Å². The van der Waals surface area contributed by atoms with Gasteiger partial charge in [-0.25, -0.2) is 0 Å². The van der Waals surface area contributed by atoms with Crippen molar-refractivity contribution in [3.8, 4) is 0 Å². The SMILES string of the molecule is O=C(c1ccc(Br)cc1S)N1CCC(N2CCCC2)C1. The molecule has 2 fully saturated rings. The highest BCUT2D eigenvalue weighted by Crippen LogP contribution is 2.25. The van der Waals surface area contributed by atoms with Gasteiger partial charge >= 0.3 is 0 Å². The number of nitrogens with zero attached hydrogens (tertiary/aromatic N) is 2. The number of carbonyl (C=O) groups excluding carboxylic acids is 1. The molecular weight excluding hydrogens is 336 g/mol. The van der Waals surface area contributed by atoms with Gasteiger partial charge in [-0.3, -0.25) is 9.69 Å². The highest BCUT2D eigenvalue weighted by molar-refractivity contribution is 9.10. The second-order valence-corrected chi connectivity index (χ2v) is 7.00. The highest BCUT2D eigenvalue weighted by Gasteiger charge is 2.32. The molecule has 1 aromatic carbocycles. The number of halogens is 1. The molecule has 3 rings (SSSR count). The van der Waals surface area contributed by atoms with E-state index in [1.807, 2.05) is 23.1 Å². The largest absolute Gasteiger partial charge is 0.337 e. The first-order chi connectivity index (χ1) is 9.65. The molecule has 1 atom stereocenters. The maximum atomic E-state index is 12.6. The zero-order valence-corrected chi connectivity index (χ0v) is 13.9. The van der Waals surface area contributed by atoms with Crippen LogP contribution in [0.5, 0.6) is 0 Å². The fourth-order valence-corrected chi connectivity index (χ4v) is 4.03. The van der Waals surface area contributed by atoms with Crippen LogP contribution in [-0.2, 0) is 0 Å². The Hall–Kier alpha value is -0.520. The summed E-state index contributed by atoms with van der Waals surface area (Å²) in [6.07, 6.45) is 3.71. The van der Waals surface area contributed by atoms with Gasteiger partial charge in [0.25, 0.3) is 5.91 Å². The summed E-state index contributed by atoms with van der Waals surface area (Å²) in [5.41, 5.74) is 0.707. The lowest BCUT2D eigenvalue weighted by molar-refractivity contribution is 0.0776. The van der Waals surface area contributed by atoms with Crippen LogP contribution in [0.4, 0.5) is 0 Å². The summed E-state index contributed by atoms with van der Waals surface area (Å²) in [7, 11) is 0. The fraction of sp³-hybridized carbons (Fsp3) is 0.533. The third kappa shape index (κ3) is 2.90. The first-order valence-corrected chi connectivity index (χ1v) is 8.41. The van der Waals surface area contributed by atoms with Crippen molar-refractivity contribution in [3.05, 3.63) is 28.2 Å². The number of hydrogen-bond donors (Lipinski definition) is 1. The Morgan fingerprint density at radius 2 is 2.00 bits per heavy atom. The van der Waals surface area contributed by atoms with Crippen molar-refractivity contribution in [2.75, 3.05) is 26.2 Å². The standard InChI is InChI=1S/C15H19BrN2OS/c16-11-3-4-13(14(20)9-11)15(19)18-8-5-12(10-18)17-6-1-2-7-17/h3-4,9,12,20H,1-2,5-8,10H2. The van der Waals surface area contributed by atoms with Crippen molar-refractivity contribution in [2.45, 2.75) is 30.2 Å². The van der Waals surface area contributed by atoms with E-state index in [1.54, 1.807) is 0 Å². The molecule has 2 aliphatic heterocycles. The molecule has 2 heterocycles. The molecule has 1 aromatic rings. The van der Waals surface area contributed by atoms with Crippen LogP contribution < -0.4 is 0 Å². The maximum Gasteiger partial charge on any atom is 0.255 e. The molecule has 1 amide bonds. The van der Waals surface area contributed by atoms with Crippen LogP contribution in [0.25, 0.3) is 0 Å². The van der Waals surface area contributed by atoms with Gasteiger partial charge in [0, 0.05) is 28.5 Å². The zero-order chi connectivity index (χ0) is 14.1. The van der Waals surface area contributed by atoms with E-state index >= 15 is 0 Å². The van der Waals surface area contributed by atoms with Gasteiger partial charge in [-0.2, -0.15) is 0 Å².